The summed E-state index contributed by atoms with van der Waals surface area (Å²) in [6.07, 6.45) is 0.964. The average molecular weight is 352 g/mol. The maximum Gasteiger partial charge on any atom is 0.261 e. The summed E-state index contributed by atoms with van der Waals surface area (Å²) < 4.78 is 5.66. The SMILES string of the molecule is Cc1ccc(OC(C)C(=O)NCc2ccc(N3CCCC3=O)cc2)cc1. The van der Waals surface area contributed by atoms with Crippen molar-refractivity contribution >= 4 is 17.5 Å². The standard InChI is InChI=1S/C21H24N2O3/c1-15-5-11-19(12-6-15)26-16(2)21(25)22-14-17-7-9-18(10-8-17)23-13-3-4-20(23)24/h5-12,16H,3-4,13-14H2,1-2H3,(H,22,25). The van der Waals surface area contributed by atoms with Gasteiger partial charge in [-0.1, -0.05) is 29.8 Å². The van der Waals surface area contributed by atoms with E-state index in [9.17, 15) is 9.59 Å². The molecule has 1 aliphatic heterocycles. The van der Waals surface area contributed by atoms with E-state index in [4.69, 9.17) is 4.74 Å². The molecule has 0 aliphatic carbocycles. The number of carbonyl (C=O) groups is 2. The summed E-state index contributed by atoms with van der Waals surface area (Å²) in [7, 11) is 0. The molecule has 1 fully saturated rings. The van der Waals surface area contributed by atoms with Crippen LogP contribution in [0.2, 0.25) is 0 Å². The van der Waals surface area contributed by atoms with Gasteiger partial charge in [0, 0.05) is 25.2 Å². The van der Waals surface area contributed by atoms with Gasteiger partial charge in [0.2, 0.25) is 5.91 Å². The highest BCUT2D eigenvalue weighted by molar-refractivity contribution is 5.95. The molecule has 0 bridgehead atoms. The van der Waals surface area contributed by atoms with Gasteiger partial charge >= 0.3 is 0 Å². The molecule has 0 aromatic heterocycles. The van der Waals surface area contributed by atoms with Crippen LogP contribution in [0.1, 0.15) is 30.9 Å². The predicted octanol–water partition coefficient (Wildman–Crippen LogP) is 3.21. The maximum atomic E-state index is 12.2. The molecule has 0 saturated carbocycles. The fourth-order valence-electron chi connectivity index (χ4n) is 2.92. The van der Waals surface area contributed by atoms with Crippen LogP contribution in [-0.4, -0.2) is 24.5 Å². The lowest BCUT2D eigenvalue weighted by atomic mass is 10.2. The van der Waals surface area contributed by atoms with Crippen molar-refractivity contribution in [3.8, 4) is 5.75 Å². The Bertz CT molecular complexity index is 769. The van der Waals surface area contributed by atoms with Crippen LogP contribution in [0, 0.1) is 6.92 Å². The van der Waals surface area contributed by atoms with Crippen LogP contribution < -0.4 is 15.0 Å². The second-order valence-electron chi connectivity index (χ2n) is 6.61. The van der Waals surface area contributed by atoms with Gasteiger partial charge in [-0.3, -0.25) is 9.59 Å². The number of hydrogen-bond acceptors (Lipinski definition) is 3. The molecule has 2 aromatic rings. The topological polar surface area (TPSA) is 58.6 Å². The van der Waals surface area contributed by atoms with E-state index in [0.29, 0.717) is 18.7 Å². The minimum Gasteiger partial charge on any atom is -0.481 e. The van der Waals surface area contributed by atoms with Gasteiger partial charge in [0.05, 0.1) is 0 Å². The van der Waals surface area contributed by atoms with Crippen LogP contribution in [0.4, 0.5) is 5.69 Å². The first-order valence-electron chi connectivity index (χ1n) is 8.93. The lowest BCUT2D eigenvalue weighted by Gasteiger charge is -2.17. The van der Waals surface area contributed by atoms with Crippen molar-refractivity contribution in [1.29, 1.82) is 0 Å². The molecular formula is C21H24N2O3. The van der Waals surface area contributed by atoms with E-state index in [-0.39, 0.29) is 11.8 Å². The van der Waals surface area contributed by atoms with Gasteiger partial charge in [-0.2, -0.15) is 0 Å². The third-order valence-corrected chi connectivity index (χ3v) is 4.49. The van der Waals surface area contributed by atoms with E-state index in [2.05, 4.69) is 5.32 Å². The van der Waals surface area contributed by atoms with Crippen molar-refractivity contribution in [2.24, 2.45) is 0 Å². The molecule has 5 nitrogen and oxygen atoms in total. The van der Waals surface area contributed by atoms with E-state index in [1.54, 1.807) is 11.8 Å². The first-order chi connectivity index (χ1) is 12.5. The molecule has 1 atom stereocenters. The van der Waals surface area contributed by atoms with Gasteiger partial charge in [-0.05, 0) is 50.1 Å². The molecule has 136 valence electrons. The summed E-state index contributed by atoms with van der Waals surface area (Å²) in [5, 5.41) is 2.88. The number of rotatable bonds is 6. The smallest absolute Gasteiger partial charge is 0.261 e. The quantitative estimate of drug-likeness (QED) is 0.868. The summed E-state index contributed by atoms with van der Waals surface area (Å²) in [5.74, 6) is 0.690. The van der Waals surface area contributed by atoms with E-state index < -0.39 is 6.10 Å². The highest BCUT2D eigenvalue weighted by atomic mass is 16.5. The lowest BCUT2D eigenvalue weighted by molar-refractivity contribution is -0.127. The number of hydrogen-bond donors (Lipinski definition) is 1. The van der Waals surface area contributed by atoms with Gasteiger partial charge in [-0.15, -0.1) is 0 Å². The maximum absolute atomic E-state index is 12.2. The van der Waals surface area contributed by atoms with Crippen LogP contribution in [0.3, 0.4) is 0 Å². The van der Waals surface area contributed by atoms with Gasteiger partial charge in [0.15, 0.2) is 6.10 Å². The summed E-state index contributed by atoms with van der Waals surface area (Å²) in [6, 6.07) is 15.3. The predicted molar refractivity (Wildman–Crippen MR) is 101 cm³/mol. The summed E-state index contributed by atoms with van der Waals surface area (Å²) in [4.78, 5) is 25.8. The molecule has 1 N–H and O–H groups in total. The fourth-order valence-corrected chi connectivity index (χ4v) is 2.92. The Morgan fingerprint density at radius 3 is 2.46 bits per heavy atom. The molecule has 1 aliphatic rings. The molecule has 2 amide bonds. The number of anilines is 1. The van der Waals surface area contributed by atoms with E-state index in [0.717, 1.165) is 29.8 Å². The van der Waals surface area contributed by atoms with Crippen molar-refractivity contribution in [3.05, 3.63) is 59.7 Å². The van der Waals surface area contributed by atoms with Crippen LogP contribution in [0.5, 0.6) is 5.75 Å². The van der Waals surface area contributed by atoms with Gasteiger partial charge < -0.3 is 15.0 Å². The summed E-state index contributed by atoms with van der Waals surface area (Å²) >= 11 is 0. The monoisotopic (exact) mass is 352 g/mol. The van der Waals surface area contributed by atoms with Crippen LogP contribution in [0.25, 0.3) is 0 Å². The zero-order chi connectivity index (χ0) is 18.5. The molecule has 5 heteroatoms. The molecule has 26 heavy (non-hydrogen) atoms. The van der Waals surface area contributed by atoms with E-state index in [1.807, 2.05) is 55.5 Å². The fraction of sp³-hybridized carbons (Fsp3) is 0.333. The van der Waals surface area contributed by atoms with E-state index in [1.165, 1.54) is 0 Å². The number of aryl methyl sites for hydroxylation is 1. The Balaban J connectivity index is 1.50. The summed E-state index contributed by atoms with van der Waals surface area (Å²) in [6.45, 7) is 4.94. The number of nitrogens with zero attached hydrogens (tertiary/aromatic N) is 1. The Kier molecular flexibility index (Phi) is 5.56. The Morgan fingerprint density at radius 2 is 1.85 bits per heavy atom. The van der Waals surface area contributed by atoms with Crippen LogP contribution >= 0.6 is 0 Å². The van der Waals surface area contributed by atoms with Gasteiger partial charge in [0.25, 0.3) is 5.91 Å². The number of nitrogens with one attached hydrogen (secondary N) is 1. The zero-order valence-electron chi connectivity index (χ0n) is 15.2. The van der Waals surface area contributed by atoms with Crippen molar-refractivity contribution in [2.45, 2.75) is 39.3 Å². The number of ether oxygens (including phenoxy) is 1. The minimum atomic E-state index is -0.570. The third kappa shape index (κ3) is 4.42. The second kappa shape index (κ2) is 8.04. The van der Waals surface area contributed by atoms with Crippen LogP contribution in [-0.2, 0) is 16.1 Å². The number of amides is 2. The van der Waals surface area contributed by atoms with Crippen molar-refractivity contribution in [3.63, 3.8) is 0 Å². The normalized spacial score (nSPS) is 15.0. The summed E-state index contributed by atoms with van der Waals surface area (Å²) in [5.41, 5.74) is 3.04. The Hall–Kier alpha value is -2.82. The van der Waals surface area contributed by atoms with Gasteiger partial charge in [-0.25, -0.2) is 0 Å². The lowest BCUT2D eigenvalue weighted by Crippen LogP contribution is -2.35. The Morgan fingerprint density at radius 1 is 1.15 bits per heavy atom. The van der Waals surface area contributed by atoms with Gasteiger partial charge in [0.1, 0.15) is 5.75 Å². The molecule has 1 saturated heterocycles. The van der Waals surface area contributed by atoms with Crippen molar-refractivity contribution in [1.82, 2.24) is 5.32 Å². The highest BCUT2D eigenvalue weighted by Crippen LogP contribution is 2.21. The second-order valence-corrected chi connectivity index (χ2v) is 6.61. The molecule has 3 rings (SSSR count). The number of carbonyl (C=O) groups excluding carboxylic acids is 2. The molecule has 0 radical (unpaired) electrons. The highest BCUT2D eigenvalue weighted by Gasteiger charge is 2.21. The minimum absolute atomic E-state index is 0.163. The van der Waals surface area contributed by atoms with Crippen molar-refractivity contribution in [2.75, 3.05) is 11.4 Å². The average Bonchev–Trinajstić information content (AvgIpc) is 3.08. The molecule has 1 unspecified atom stereocenters. The largest absolute Gasteiger partial charge is 0.481 e. The molecular weight excluding hydrogens is 328 g/mol. The molecule has 1 heterocycles. The third-order valence-electron chi connectivity index (χ3n) is 4.49. The number of benzene rings is 2. The van der Waals surface area contributed by atoms with Crippen LogP contribution in [0.15, 0.2) is 48.5 Å². The van der Waals surface area contributed by atoms with Crippen molar-refractivity contribution < 1.29 is 14.3 Å². The first-order valence-corrected chi connectivity index (χ1v) is 8.93. The van der Waals surface area contributed by atoms with E-state index >= 15 is 0 Å². The molecule has 0 spiro atoms. The zero-order valence-corrected chi connectivity index (χ0v) is 15.2. The first kappa shape index (κ1) is 18.0. The Labute approximate surface area is 154 Å². The molecule has 2 aromatic carbocycles.